The van der Waals surface area contributed by atoms with Gasteiger partial charge in [0.1, 0.15) is 5.82 Å². The van der Waals surface area contributed by atoms with Crippen molar-refractivity contribution in [1.82, 2.24) is 14.9 Å². The number of aromatic nitrogens is 2. The Labute approximate surface area is 168 Å². The normalized spacial score (nSPS) is 23.9. The molecule has 27 heavy (non-hydrogen) atoms. The first-order valence-electron chi connectivity index (χ1n) is 11.0. The van der Waals surface area contributed by atoms with Crippen LogP contribution in [0.2, 0.25) is 0 Å². The maximum atomic E-state index is 5.07. The number of nitrogens with one attached hydrogen (secondary N) is 1. The van der Waals surface area contributed by atoms with E-state index in [2.05, 4.69) is 21.4 Å². The molecule has 1 unspecified atom stereocenters. The Kier molecular flexibility index (Phi) is 6.77. The monoisotopic (exact) mass is 389 g/mol. The van der Waals surface area contributed by atoms with Crippen molar-refractivity contribution in [3.8, 4) is 0 Å². The topological polar surface area (TPSA) is 44.3 Å². The number of likely N-dealkylation sites (tertiary alicyclic amines) is 1. The number of rotatable bonds is 6. The first-order chi connectivity index (χ1) is 13.3. The van der Waals surface area contributed by atoms with Gasteiger partial charge < -0.3 is 15.1 Å². The number of piperidine rings is 1. The second-order valence-corrected chi connectivity index (χ2v) is 9.31. The van der Waals surface area contributed by atoms with E-state index in [-0.39, 0.29) is 0 Å². The summed E-state index contributed by atoms with van der Waals surface area (Å²) in [7, 11) is 0. The van der Waals surface area contributed by atoms with E-state index in [1.54, 1.807) is 0 Å². The highest BCUT2D eigenvalue weighted by Gasteiger charge is 2.25. The fourth-order valence-electron chi connectivity index (χ4n) is 4.80. The lowest BCUT2D eigenvalue weighted by atomic mass is 10.1. The van der Waals surface area contributed by atoms with Crippen molar-refractivity contribution in [2.75, 3.05) is 54.9 Å². The van der Waals surface area contributed by atoms with Crippen LogP contribution in [0.15, 0.2) is 0 Å². The molecule has 0 bridgehead atoms. The molecule has 1 atom stereocenters. The standard InChI is InChI=1S/C21H35N5S/c1-27-15-14-25-11-7-8-17(16-25)22-21-23-19-10-6-9-18(19)20(24-21)26-12-4-2-3-5-13-26/h17H,2-16H2,1H3,(H,22,23,24). The second-order valence-electron chi connectivity index (χ2n) is 8.33. The number of nitrogens with zero attached hydrogens (tertiary/aromatic N) is 4. The van der Waals surface area contributed by atoms with Crippen molar-refractivity contribution in [3.63, 3.8) is 0 Å². The van der Waals surface area contributed by atoms with Gasteiger partial charge in [-0.25, -0.2) is 4.98 Å². The van der Waals surface area contributed by atoms with Crippen molar-refractivity contribution in [1.29, 1.82) is 0 Å². The Morgan fingerprint density at radius 1 is 1.00 bits per heavy atom. The van der Waals surface area contributed by atoms with Gasteiger partial charge in [-0.15, -0.1) is 0 Å². The first kappa shape index (κ1) is 19.3. The van der Waals surface area contributed by atoms with Gasteiger partial charge in [-0.05, 0) is 57.7 Å². The van der Waals surface area contributed by atoms with Crippen LogP contribution in [0.3, 0.4) is 0 Å². The quantitative estimate of drug-likeness (QED) is 0.802. The van der Waals surface area contributed by atoms with Gasteiger partial charge in [0.25, 0.3) is 0 Å². The summed E-state index contributed by atoms with van der Waals surface area (Å²) in [4.78, 5) is 15.2. The Morgan fingerprint density at radius 2 is 1.85 bits per heavy atom. The number of fused-ring (bicyclic) bond motifs is 1. The molecule has 0 amide bonds. The average molecular weight is 390 g/mol. The average Bonchev–Trinajstić information content (AvgIpc) is 2.99. The zero-order valence-electron chi connectivity index (χ0n) is 16.9. The molecule has 0 saturated carbocycles. The molecule has 2 fully saturated rings. The predicted molar refractivity (Wildman–Crippen MR) is 116 cm³/mol. The lowest BCUT2D eigenvalue weighted by molar-refractivity contribution is 0.228. The molecular formula is C21H35N5S. The van der Waals surface area contributed by atoms with Crippen LogP contribution in [0.1, 0.15) is 56.2 Å². The van der Waals surface area contributed by atoms with Gasteiger partial charge >= 0.3 is 0 Å². The molecule has 1 aromatic rings. The van der Waals surface area contributed by atoms with Gasteiger partial charge in [0.15, 0.2) is 0 Å². The minimum absolute atomic E-state index is 0.483. The maximum absolute atomic E-state index is 5.07. The molecule has 0 spiro atoms. The van der Waals surface area contributed by atoms with Gasteiger partial charge in [0.2, 0.25) is 5.95 Å². The molecule has 4 rings (SSSR count). The number of aryl methyl sites for hydroxylation is 1. The van der Waals surface area contributed by atoms with Crippen LogP contribution in [0.4, 0.5) is 11.8 Å². The van der Waals surface area contributed by atoms with Crippen molar-refractivity contribution in [2.24, 2.45) is 0 Å². The summed E-state index contributed by atoms with van der Waals surface area (Å²) in [5.74, 6) is 3.35. The predicted octanol–water partition coefficient (Wildman–Crippen LogP) is 3.59. The van der Waals surface area contributed by atoms with Gasteiger partial charge in [0, 0.05) is 43.5 Å². The van der Waals surface area contributed by atoms with Gasteiger partial charge in [-0.1, -0.05) is 12.8 Å². The van der Waals surface area contributed by atoms with E-state index in [4.69, 9.17) is 9.97 Å². The number of thioether (sulfide) groups is 1. The van der Waals surface area contributed by atoms with E-state index in [0.29, 0.717) is 6.04 Å². The third-order valence-electron chi connectivity index (χ3n) is 6.27. The molecule has 0 radical (unpaired) electrons. The summed E-state index contributed by atoms with van der Waals surface area (Å²) in [5.41, 5.74) is 2.74. The minimum atomic E-state index is 0.483. The summed E-state index contributed by atoms with van der Waals surface area (Å²) >= 11 is 1.94. The summed E-state index contributed by atoms with van der Waals surface area (Å²) in [6.45, 7) is 5.88. The summed E-state index contributed by atoms with van der Waals surface area (Å²) in [5, 5.41) is 3.71. The lowest BCUT2D eigenvalue weighted by Gasteiger charge is -2.33. The van der Waals surface area contributed by atoms with Crippen LogP contribution in [0.25, 0.3) is 0 Å². The van der Waals surface area contributed by atoms with E-state index in [9.17, 15) is 0 Å². The highest BCUT2D eigenvalue weighted by molar-refractivity contribution is 7.98. The number of anilines is 2. The van der Waals surface area contributed by atoms with Crippen molar-refractivity contribution >= 4 is 23.5 Å². The van der Waals surface area contributed by atoms with E-state index < -0.39 is 0 Å². The summed E-state index contributed by atoms with van der Waals surface area (Å²) < 4.78 is 0. The third kappa shape index (κ3) is 4.89. The van der Waals surface area contributed by atoms with Crippen LogP contribution in [-0.2, 0) is 12.8 Å². The largest absolute Gasteiger partial charge is 0.356 e. The molecule has 3 aliphatic rings. The molecule has 1 aromatic heterocycles. The van der Waals surface area contributed by atoms with Crippen molar-refractivity contribution in [2.45, 2.75) is 63.8 Å². The zero-order chi connectivity index (χ0) is 18.5. The van der Waals surface area contributed by atoms with E-state index in [1.165, 1.54) is 80.9 Å². The number of hydrogen-bond donors (Lipinski definition) is 1. The van der Waals surface area contributed by atoms with E-state index in [1.807, 2.05) is 11.8 Å². The van der Waals surface area contributed by atoms with Crippen LogP contribution in [0, 0.1) is 0 Å². The van der Waals surface area contributed by atoms with Crippen molar-refractivity contribution < 1.29 is 0 Å². The Hall–Kier alpha value is -1.01. The third-order valence-corrected chi connectivity index (χ3v) is 6.86. The maximum Gasteiger partial charge on any atom is 0.225 e. The summed E-state index contributed by atoms with van der Waals surface area (Å²) in [6, 6.07) is 0.483. The Morgan fingerprint density at radius 3 is 2.67 bits per heavy atom. The molecule has 1 N–H and O–H groups in total. The smallest absolute Gasteiger partial charge is 0.225 e. The van der Waals surface area contributed by atoms with Crippen LogP contribution >= 0.6 is 11.8 Å². The molecule has 6 heteroatoms. The Bertz CT molecular complexity index is 615. The van der Waals surface area contributed by atoms with Crippen molar-refractivity contribution in [3.05, 3.63) is 11.3 Å². The van der Waals surface area contributed by atoms with E-state index >= 15 is 0 Å². The fourth-order valence-corrected chi connectivity index (χ4v) is 5.24. The Balaban J connectivity index is 1.48. The van der Waals surface area contributed by atoms with Crippen LogP contribution in [0.5, 0.6) is 0 Å². The van der Waals surface area contributed by atoms with Crippen LogP contribution < -0.4 is 10.2 Å². The molecule has 1 aliphatic carbocycles. The zero-order valence-corrected chi connectivity index (χ0v) is 17.7. The number of hydrogen-bond acceptors (Lipinski definition) is 6. The van der Waals surface area contributed by atoms with Gasteiger partial charge in [-0.3, -0.25) is 0 Å². The molecule has 0 aromatic carbocycles. The lowest BCUT2D eigenvalue weighted by Crippen LogP contribution is -2.43. The van der Waals surface area contributed by atoms with Gasteiger partial charge in [0.05, 0.1) is 5.69 Å². The molecule has 150 valence electrons. The molecular weight excluding hydrogens is 354 g/mol. The molecule has 2 saturated heterocycles. The first-order valence-corrected chi connectivity index (χ1v) is 12.4. The van der Waals surface area contributed by atoms with Crippen LogP contribution in [-0.4, -0.2) is 65.6 Å². The summed E-state index contributed by atoms with van der Waals surface area (Å²) in [6.07, 6.45) is 13.5. The SMILES string of the molecule is CSCCN1CCCC(Nc2nc3c(c(N4CCCCCC4)n2)CCC3)C1. The fraction of sp³-hybridized carbons (Fsp3) is 0.810. The molecule has 3 heterocycles. The molecule has 5 nitrogen and oxygen atoms in total. The van der Waals surface area contributed by atoms with E-state index in [0.717, 1.165) is 38.4 Å². The highest BCUT2D eigenvalue weighted by Crippen LogP contribution is 2.31. The highest BCUT2D eigenvalue weighted by atomic mass is 32.2. The van der Waals surface area contributed by atoms with Gasteiger partial charge in [-0.2, -0.15) is 16.7 Å². The molecule has 2 aliphatic heterocycles. The second kappa shape index (κ2) is 9.46. The minimum Gasteiger partial charge on any atom is -0.356 e.